The first-order valence-electron chi connectivity index (χ1n) is 15.3. The molecule has 0 aliphatic carbocycles. The van der Waals surface area contributed by atoms with Gasteiger partial charge in [-0.1, -0.05) is 41.9 Å². The van der Waals surface area contributed by atoms with Gasteiger partial charge in [0.05, 0.1) is 34.2 Å². The van der Waals surface area contributed by atoms with E-state index in [1.165, 1.54) is 0 Å². The smallest absolute Gasteiger partial charge is 0.410 e. The molecule has 0 saturated carbocycles. The number of aromatic nitrogens is 4. The number of ether oxygens (including phenoxy) is 1. The fourth-order valence-electron chi connectivity index (χ4n) is 5.90. The first-order chi connectivity index (χ1) is 22.4. The van der Waals surface area contributed by atoms with Gasteiger partial charge >= 0.3 is 6.09 Å². The van der Waals surface area contributed by atoms with Gasteiger partial charge in [-0.25, -0.2) is 9.78 Å². The molecular weight excluding hydrogens is 616 g/mol. The highest BCUT2D eigenvalue weighted by Crippen LogP contribution is 2.37. The summed E-state index contributed by atoms with van der Waals surface area (Å²) in [4.78, 5) is 52.7. The van der Waals surface area contributed by atoms with Crippen LogP contribution in [0, 0.1) is 6.92 Å². The SMILES string of the molecule is Cc1c(Cc2nccc3cc(C=O)cnc23)cccc1-c1cccc(NC(=O)c2nc3c(n2C)CCN(C(=O)OC(C)(C)C)C3)c1Cl. The van der Waals surface area contributed by atoms with E-state index >= 15 is 0 Å². The number of anilines is 1. The number of aldehydes is 1. The molecule has 0 atom stereocenters. The summed E-state index contributed by atoms with van der Waals surface area (Å²) in [5, 5.41) is 4.21. The lowest BCUT2D eigenvalue weighted by Gasteiger charge is -2.29. The molecule has 10 nitrogen and oxygen atoms in total. The molecule has 3 aromatic heterocycles. The highest BCUT2D eigenvalue weighted by atomic mass is 35.5. The Kier molecular flexibility index (Phi) is 8.55. The molecular formula is C36H35ClN6O4. The van der Waals surface area contributed by atoms with Gasteiger partial charge in [0.25, 0.3) is 5.91 Å². The molecule has 0 unspecified atom stereocenters. The highest BCUT2D eigenvalue weighted by molar-refractivity contribution is 6.36. The van der Waals surface area contributed by atoms with Crippen LogP contribution in [0.3, 0.4) is 0 Å². The minimum atomic E-state index is -0.602. The van der Waals surface area contributed by atoms with Crippen molar-refractivity contribution in [2.24, 2.45) is 7.05 Å². The van der Waals surface area contributed by atoms with E-state index in [0.717, 1.165) is 50.8 Å². The van der Waals surface area contributed by atoms with E-state index in [-0.39, 0.29) is 12.4 Å². The van der Waals surface area contributed by atoms with Gasteiger partial charge in [-0.2, -0.15) is 0 Å². The van der Waals surface area contributed by atoms with Crippen LogP contribution in [-0.4, -0.2) is 54.9 Å². The third kappa shape index (κ3) is 6.46. The van der Waals surface area contributed by atoms with Crippen LogP contribution < -0.4 is 5.32 Å². The maximum atomic E-state index is 13.5. The highest BCUT2D eigenvalue weighted by Gasteiger charge is 2.30. The number of nitrogens with zero attached hydrogens (tertiary/aromatic N) is 5. The number of carbonyl (C=O) groups is 3. The molecule has 2 aromatic carbocycles. The predicted octanol–water partition coefficient (Wildman–Crippen LogP) is 6.94. The number of benzene rings is 2. The summed E-state index contributed by atoms with van der Waals surface area (Å²) in [7, 11) is 1.80. The molecule has 1 aliphatic heterocycles. The van der Waals surface area contributed by atoms with Crippen molar-refractivity contribution >= 4 is 46.5 Å². The summed E-state index contributed by atoms with van der Waals surface area (Å²) >= 11 is 6.96. The molecule has 5 aromatic rings. The summed E-state index contributed by atoms with van der Waals surface area (Å²) in [6.45, 7) is 8.26. The molecule has 0 saturated heterocycles. The van der Waals surface area contributed by atoms with E-state index in [1.807, 2.05) is 70.2 Å². The molecule has 0 fully saturated rings. The molecule has 11 heteroatoms. The minimum Gasteiger partial charge on any atom is -0.444 e. The molecule has 0 bridgehead atoms. The molecule has 47 heavy (non-hydrogen) atoms. The van der Waals surface area contributed by atoms with E-state index in [2.05, 4.69) is 20.3 Å². The van der Waals surface area contributed by atoms with Crippen molar-refractivity contribution in [2.45, 2.75) is 52.7 Å². The number of hydrogen-bond acceptors (Lipinski definition) is 7. The van der Waals surface area contributed by atoms with Crippen molar-refractivity contribution in [3.8, 4) is 11.1 Å². The lowest BCUT2D eigenvalue weighted by atomic mass is 9.93. The quantitative estimate of drug-likeness (QED) is 0.198. The van der Waals surface area contributed by atoms with E-state index in [0.29, 0.717) is 41.4 Å². The first-order valence-corrected chi connectivity index (χ1v) is 15.7. The van der Waals surface area contributed by atoms with E-state index in [9.17, 15) is 14.4 Å². The molecule has 6 rings (SSSR count). The number of pyridine rings is 2. The molecule has 4 heterocycles. The zero-order valence-corrected chi connectivity index (χ0v) is 27.7. The average Bonchev–Trinajstić information content (AvgIpc) is 3.38. The van der Waals surface area contributed by atoms with E-state index in [1.54, 1.807) is 35.0 Å². The lowest BCUT2D eigenvalue weighted by Crippen LogP contribution is -2.40. The molecule has 240 valence electrons. The molecule has 0 spiro atoms. The average molecular weight is 651 g/mol. The normalized spacial score (nSPS) is 12.9. The number of fused-ring (bicyclic) bond motifs is 2. The van der Waals surface area contributed by atoms with Crippen molar-refractivity contribution in [2.75, 3.05) is 11.9 Å². The van der Waals surface area contributed by atoms with Gasteiger partial charge in [-0.3, -0.25) is 19.6 Å². The summed E-state index contributed by atoms with van der Waals surface area (Å²) in [5.41, 5.74) is 7.27. The first kappa shape index (κ1) is 31.9. The fraction of sp³-hybridized carbons (Fsp3) is 0.278. The van der Waals surface area contributed by atoms with Gasteiger partial charge in [-0.05, 0) is 62.6 Å². The number of halogens is 1. The molecule has 0 radical (unpaired) electrons. The summed E-state index contributed by atoms with van der Waals surface area (Å²) in [5.74, 6) is -0.167. The van der Waals surface area contributed by atoms with Crippen molar-refractivity contribution in [3.63, 3.8) is 0 Å². The van der Waals surface area contributed by atoms with Crippen molar-refractivity contribution in [1.29, 1.82) is 0 Å². The van der Waals surface area contributed by atoms with Gasteiger partial charge in [0, 0.05) is 61.0 Å². The van der Waals surface area contributed by atoms with Gasteiger partial charge in [-0.15, -0.1) is 0 Å². The van der Waals surface area contributed by atoms with Crippen molar-refractivity contribution in [1.82, 2.24) is 24.4 Å². The van der Waals surface area contributed by atoms with E-state index in [4.69, 9.17) is 16.3 Å². The Morgan fingerprint density at radius 1 is 1.09 bits per heavy atom. The van der Waals surface area contributed by atoms with Crippen molar-refractivity contribution in [3.05, 3.63) is 106 Å². The molecule has 2 amide bonds. The number of rotatable bonds is 6. The second-order valence-corrected chi connectivity index (χ2v) is 13.0. The summed E-state index contributed by atoms with van der Waals surface area (Å²) in [6.07, 6.45) is 4.76. The Balaban J connectivity index is 1.24. The summed E-state index contributed by atoms with van der Waals surface area (Å²) in [6, 6.07) is 15.2. The third-order valence-corrected chi connectivity index (χ3v) is 8.69. The number of hydrogen-bond donors (Lipinski definition) is 1. The lowest BCUT2D eigenvalue weighted by molar-refractivity contribution is 0.0220. The number of nitrogens with one attached hydrogen (secondary N) is 1. The standard InChI is InChI=1S/C36H35ClN6O4/c1-21-23(17-28-32-24(12-14-38-28)16-22(20-44)18-39-32)8-6-9-25(21)26-10-7-11-27(31(26)37)41-34(45)33-40-29-19-43(15-13-30(29)42(33)5)35(46)47-36(2,3)4/h6-12,14,16,18,20H,13,15,17,19H2,1-5H3,(H,41,45). The predicted molar refractivity (Wildman–Crippen MR) is 181 cm³/mol. The van der Waals surface area contributed by atoms with Gasteiger partial charge in [0.1, 0.15) is 5.60 Å². The maximum Gasteiger partial charge on any atom is 0.410 e. The number of amides is 2. The largest absolute Gasteiger partial charge is 0.444 e. The van der Waals surface area contributed by atoms with Crippen LogP contribution in [0.1, 0.15) is 70.0 Å². The van der Waals surface area contributed by atoms with Gasteiger partial charge < -0.3 is 19.5 Å². The second-order valence-electron chi connectivity index (χ2n) is 12.6. The zero-order valence-electron chi connectivity index (χ0n) is 26.9. The van der Waals surface area contributed by atoms with Crippen LogP contribution in [-0.2, 0) is 31.2 Å². The van der Waals surface area contributed by atoms with Gasteiger partial charge in [0.15, 0.2) is 12.1 Å². The second kappa shape index (κ2) is 12.6. The Morgan fingerprint density at radius 2 is 1.85 bits per heavy atom. The van der Waals surface area contributed by atoms with Crippen LogP contribution in [0.4, 0.5) is 10.5 Å². The van der Waals surface area contributed by atoms with E-state index < -0.39 is 17.6 Å². The van der Waals surface area contributed by atoms with Crippen LogP contribution in [0.15, 0.2) is 60.9 Å². The molecule has 1 N–H and O–H groups in total. The zero-order chi connectivity index (χ0) is 33.5. The number of carbonyl (C=O) groups excluding carboxylic acids is 3. The monoisotopic (exact) mass is 650 g/mol. The maximum absolute atomic E-state index is 13.5. The molecule has 1 aliphatic rings. The number of imidazole rings is 1. The Labute approximate surface area is 277 Å². The Hall–Kier alpha value is -5.09. The van der Waals surface area contributed by atoms with Crippen LogP contribution >= 0.6 is 11.6 Å². The van der Waals surface area contributed by atoms with Gasteiger partial charge in [0.2, 0.25) is 0 Å². The van der Waals surface area contributed by atoms with Crippen LogP contribution in [0.5, 0.6) is 0 Å². The van der Waals surface area contributed by atoms with Crippen LogP contribution in [0.25, 0.3) is 22.0 Å². The van der Waals surface area contributed by atoms with Crippen LogP contribution in [0.2, 0.25) is 5.02 Å². The Bertz CT molecular complexity index is 2050. The fourth-order valence-corrected chi connectivity index (χ4v) is 6.18. The topological polar surface area (TPSA) is 119 Å². The van der Waals surface area contributed by atoms with Crippen molar-refractivity contribution < 1.29 is 19.1 Å². The minimum absolute atomic E-state index is 0.233. The Morgan fingerprint density at radius 3 is 2.62 bits per heavy atom. The summed E-state index contributed by atoms with van der Waals surface area (Å²) < 4.78 is 7.30. The third-order valence-electron chi connectivity index (χ3n) is 8.28.